The van der Waals surface area contributed by atoms with E-state index in [1.54, 1.807) is 0 Å². The summed E-state index contributed by atoms with van der Waals surface area (Å²) >= 11 is 0. The van der Waals surface area contributed by atoms with Crippen LogP contribution >= 0.6 is 0 Å². The van der Waals surface area contributed by atoms with Gasteiger partial charge in [0.2, 0.25) is 0 Å². The van der Waals surface area contributed by atoms with Gasteiger partial charge in [-0.15, -0.1) is 0 Å². The second-order valence-electron chi connectivity index (χ2n) is 5.89. The summed E-state index contributed by atoms with van der Waals surface area (Å²) in [6.45, 7) is 5.52. The minimum absolute atomic E-state index is 0.447. The molecule has 3 aromatic rings. The predicted molar refractivity (Wildman–Crippen MR) is 87.5 cm³/mol. The van der Waals surface area contributed by atoms with Crippen molar-refractivity contribution in [3.05, 3.63) is 71.4 Å². The summed E-state index contributed by atoms with van der Waals surface area (Å²) in [6, 6.07) is 19.7. The smallest absolute Gasteiger partial charge is 0.0456 e. The van der Waals surface area contributed by atoms with E-state index in [4.69, 9.17) is 0 Å². The van der Waals surface area contributed by atoms with Gasteiger partial charge in [0.05, 0.1) is 0 Å². The van der Waals surface area contributed by atoms with Gasteiger partial charge in [0.25, 0.3) is 0 Å². The molecule has 1 atom stereocenters. The first kappa shape index (κ1) is 12.7. The van der Waals surface area contributed by atoms with Crippen molar-refractivity contribution in [2.75, 3.05) is 13.1 Å². The topological polar surface area (TPSA) is 19.0 Å². The number of rotatable bonds is 2. The molecule has 4 rings (SSSR count). The summed E-state index contributed by atoms with van der Waals surface area (Å²) in [6.07, 6.45) is 0. The number of nitrogens with zero attached hydrogens (tertiary/aromatic N) is 1. The molecule has 106 valence electrons. The van der Waals surface area contributed by atoms with Crippen molar-refractivity contribution in [2.45, 2.75) is 19.4 Å². The average Bonchev–Trinajstić information content (AvgIpc) is 2.97. The number of nitrogens with one attached hydrogen (secondary N) is 1. The van der Waals surface area contributed by atoms with Gasteiger partial charge in [0.15, 0.2) is 0 Å². The molecule has 1 aliphatic rings. The van der Waals surface area contributed by atoms with Crippen LogP contribution in [0, 0.1) is 0 Å². The number of H-pyrrole nitrogens is 1. The fourth-order valence-electron chi connectivity index (χ4n) is 3.47. The Bertz CT molecular complexity index is 739. The quantitative estimate of drug-likeness (QED) is 0.745. The van der Waals surface area contributed by atoms with Crippen LogP contribution in [-0.4, -0.2) is 23.0 Å². The molecule has 1 N–H and O–H groups in total. The van der Waals surface area contributed by atoms with Gasteiger partial charge in [-0.2, -0.15) is 0 Å². The van der Waals surface area contributed by atoms with Gasteiger partial charge >= 0.3 is 0 Å². The van der Waals surface area contributed by atoms with E-state index in [-0.39, 0.29) is 0 Å². The number of hydrogen-bond donors (Lipinski definition) is 1. The summed E-state index contributed by atoms with van der Waals surface area (Å²) in [5, 5.41) is 1.30. The van der Waals surface area contributed by atoms with Crippen LogP contribution in [0.4, 0.5) is 0 Å². The molecule has 0 fully saturated rings. The van der Waals surface area contributed by atoms with Gasteiger partial charge in [0, 0.05) is 30.2 Å². The first-order chi connectivity index (χ1) is 10.3. The van der Waals surface area contributed by atoms with Crippen LogP contribution in [0.2, 0.25) is 0 Å². The normalized spacial score (nSPS) is 18.8. The Labute approximate surface area is 125 Å². The number of benzene rings is 2. The van der Waals surface area contributed by atoms with E-state index < -0.39 is 0 Å². The van der Waals surface area contributed by atoms with E-state index in [0.717, 1.165) is 19.6 Å². The highest BCUT2D eigenvalue weighted by Gasteiger charge is 2.26. The first-order valence-electron chi connectivity index (χ1n) is 7.73. The number of fused-ring (bicyclic) bond motifs is 2. The second-order valence-corrected chi connectivity index (χ2v) is 5.89. The number of likely N-dealkylation sites (N-methyl/N-ethyl adjacent to an activating group) is 1. The first-order valence-corrected chi connectivity index (χ1v) is 7.73. The molecule has 2 nitrogen and oxygen atoms in total. The average molecular weight is 276 g/mol. The molecule has 0 aliphatic carbocycles. The largest absolute Gasteiger partial charge is 0.358 e. The molecule has 21 heavy (non-hydrogen) atoms. The van der Waals surface area contributed by atoms with E-state index in [1.165, 1.54) is 27.7 Å². The lowest BCUT2D eigenvalue weighted by atomic mass is 9.87. The molecule has 0 amide bonds. The van der Waals surface area contributed by atoms with Crippen molar-refractivity contribution in [1.29, 1.82) is 0 Å². The van der Waals surface area contributed by atoms with Crippen LogP contribution < -0.4 is 0 Å². The van der Waals surface area contributed by atoms with Gasteiger partial charge < -0.3 is 4.98 Å². The lowest BCUT2D eigenvalue weighted by molar-refractivity contribution is 0.252. The van der Waals surface area contributed by atoms with Gasteiger partial charge in [-0.05, 0) is 35.2 Å². The van der Waals surface area contributed by atoms with E-state index in [9.17, 15) is 0 Å². The molecule has 1 unspecified atom stereocenters. The summed E-state index contributed by atoms with van der Waals surface area (Å²) in [7, 11) is 0. The Morgan fingerprint density at radius 3 is 2.76 bits per heavy atom. The lowest BCUT2D eigenvalue weighted by Gasteiger charge is -2.33. The van der Waals surface area contributed by atoms with Crippen molar-refractivity contribution in [3.8, 4) is 0 Å². The van der Waals surface area contributed by atoms with E-state index in [0.29, 0.717) is 5.92 Å². The number of aromatic nitrogens is 1. The monoisotopic (exact) mass is 276 g/mol. The third kappa shape index (κ3) is 2.16. The Hall–Kier alpha value is -2.06. The minimum Gasteiger partial charge on any atom is -0.358 e. The molecule has 1 aliphatic heterocycles. The standard InChI is InChI=1S/C19H20N2/c1-2-21-12-15-8-3-5-9-16(15)17(13-21)19-11-14-7-4-6-10-18(14)20-19/h3-11,17,20H,2,12-13H2,1H3. The van der Waals surface area contributed by atoms with Crippen LogP contribution in [0.3, 0.4) is 0 Å². The highest BCUT2D eigenvalue weighted by Crippen LogP contribution is 2.34. The van der Waals surface area contributed by atoms with E-state index in [1.807, 2.05) is 0 Å². The molecule has 0 radical (unpaired) electrons. The molecule has 0 bridgehead atoms. The van der Waals surface area contributed by atoms with Crippen molar-refractivity contribution in [1.82, 2.24) is 9.88 Å². The Morgan fingerprint density at radius 1 is 1.10 bits per heavy atom. The molecule has 2 heteroatoms. The molecule has 2 heterocycles. The zero-order chi connectivity index (χ0) is 14.2. The second kappa shape index (κ2) is 5.05. The number of para-hydroxylation sites is 1. The fourth-order valence-corrected chi connectivity index (χ4v) is 3.47. The van der Waals surface area contributed by atoms with Crippen LogP contribution in [0.5, 0.6) is 0 Å². The molecule has 0 saturated heterocycles. The molecule has 2 aromatic carbocycles. The van der Waals surface area contributed by atoms with Crippen LogP contribution in [0.1, 0.15) is 29.7 Å². The number of aromatic amines is 1. The van der Waals surface area contributed by atoms with Crippen molar-refractivity contribution < 1.29 is 0 Å². The Morgan fingerprint density at radius 2 is 1.90 bits per heavy atom. The molecular weight excluding hydrogens is 256 g/mol. The lowest BCUT2D eigenvalue weighted by Crippen LogP contribution is -2.33. The molecule has 0 saturated carbocycles. The maximum Gasteiger partial charge on any atom is 0.0456 e. The zero-order valence-corrected chi connectivity index (χ0v) is 12.3. The third-order valence-corrected chi connectivity index (χ3v) is 4.64. The van der Waals surface area contributed by atoms with Crippen molar-refractivity contribution >= 4 is 10.9 Å². The zero-order valence-electron chi connectivity index (χ0n) is 12.3. The maximum atomic E-state index is 3.62. The highest BCUT2D eigenvalue weighted by molar-refractivity contribution is 5.80. The van der Waals surface area contributed by atoms with E-state index in [2.05, 4.69) is 71.4 Å². The summed E-state index contributed by atoms with van der Waals surface area (Å²) < 4.78 is 0. The summed E-state index contributed by atoms with van der Waals surface area (Å²) in [5.74, 6) is 0.447. The molecule has 1 aromatic heterocycles. The Balaban J connectivity index is 1.82. The van der Waals surface area contributed by atoms with Gasteiger partial charge in [0.1, 0.15) is 0 Å². The third-order valence-electron chi connectivity index (χ3n) is 4.64. The fraction of sp³-hybridized carbons (Fsp3) is 0.263. The van der Waals surface area contributed by atoms with Gasteiger partial charge in [-0.25, -0.2) is 0 Å². The molecule has 0 spiro atoms. The van der Waals surface area contributed by atoms with Gasteiger partial charge in [-0.3, -0.25) is 4.90 Å². The summed E-state index contributed by atoms with van der Waals surface area (Å²) in [5.41, 5.74) is 5.52. The van der Waals surface area contributed by atoms with Gasteiger partial charge in [-0.1, -0.05) is 49.4 Å². The predicted octanol–water partition coefficient (Wildman–Crippen LogP) is 4.14. The number of hydrogen-bond acceptors (Lipinski definition) is 1. The highest BCUT2D eigenvalue weighted by atomic mass is 15.1. The van der Waals surface area contributed by atoms with Crippen LogP contribution in [-0.2, 0) is 6.54 Å². The van der Waals surface area contributed by atoms with E-state index >= 15 is 0 Å². The Kier molecular flexibility index (Phi) is 3.04. The maximum absolute atomic E-state index is 3.62. The van der Waals surface area contributed by atoms with Crippen molar-refractivity contribution in [3.63, 3.8) is 0 Å². The van der Waals surface area contributed by atoms with Crippen LogP contribution in [0.15, 0.2) is 54.6 Å². The summed E-state index contributed by atoms with van der Waals surface area (Å²) in [4.78, 5) is 6.15. The van der Waals surface area contributed by atoms with Crippen molar-refractivity contribution in [2.24, 2.45) is 0 Å². The van der Waals surface area contributed by atoms with Crippen LogP contribution in [0.25, 0.3) is 10.9 Å². The minimum atomic E-state index is 0.447. The SMILES string of the molecule is CCN1Cc2ccccc2C(c2cc3ccccc3[nH]2)C1. The molecular formula is C19H20N2.